The van der Waals surface area contributed by atoms with E-state index in [4.69, 9.17) is 0 Å². The average molecular weight is 238 g/mol. The molecular formula is C13H22N2O2. The van der Waals surface area contributed by atoms with E-state index in [-0.39, 0.29) is 17.9 Å². The van der Waals surface area contributed by atoms with Crippen molar-refractivity contribution in [2.45, 2.75) is 58.0 Å². The van der Waals surface area contributed by atoms with Crippen molar-refractivity contribution in [2.75, 3.05) is 6.54 Å². The van der Waals surface area contributed by atoms with Gasteiger partial charge in [0.05, 0.1) is 12.5 Å². The highest BCUT2D eigenvalue weighted by molar-refractivity contribution is 6.05. The van der Waals surface area contributed by atoms with Crippen molar-refractivity contribution >= 4 is 11.8 Å². The summed E-state index contributed by atoms with van der Waals surface area (Å²) in [4.78, 5) is 24.9. The van der Waals surface area contributed by atoms with E-state index in [2.05, 4.69) is 12.2 Å². The molecule has 17 heavy (non-hydrogen) atoms. The van der Waals surface area contributed by atoms with Crippen molar-refractivity contribution in [2.24, 2.45) is 5.92 Å². The Morgan fingerprint density at radius 2 is 2.00 bits per heavy atom. The Bertz CT molecular complexity index is 311. The molecule has 1 aliphatic carbocycles. The molecule has 1 heterocycles. The van der Waals surface area contributed by atoms with Crippen molar-refractivity contribution in [3.63, 3.8) is 0 Å². The van der Waals surface area contributed by atoms with Crippen LogP contribution in [0.5, 0.6) is 0 Å². The first-order valence-corrected chi connectivity index (χ1v) is 6.73. The molecule has 0 bridgehead atoms. The Morgan fingerprint density at radius 3 is 2.53 bits per heavy atom. The van der Waals surface area contributed by atoms with Crippen LogP contribution < -0.4 is 5.32 Å². The Hall–Kier alpha value is -0.900. The number of hydrogen-bond donors (Lipinski definition) is 1. The largest absolute Gasteiger partial charge is 0.303 e. The summed E-state index contributed by atoms with van der Waals surface area (Å²) in [6.07, 6.45) is 5.44. The normalized spacial score (nSPS) is 28.1. The minimum absolute atomic E-state index is 0.0337. The molecule has 2 aliphatic rings. The third kappa shape index (κ3) is 2.51. The molecule has 2 rings (SSSR count). The minimum atomic E-state index is -0.280. The van der Waals surface area contributed by atoms with Crippen LogP contribution in [-0.4, -0.2) is 35.3 Å². The Labute approximate surface area is 103 Å². The van der Waals surface area contributed by atoms with Gasteiger partial charge in [-0.1, -0.05) is 12.8 Å². The molecule has 2 amide bonds. The number of rotatable bonds is 4. The van der Waals surface area contributed by atoms with E-state index in [1.165, 1.54) is 30.6 Å². The Kier molecular flexibility index (Phi) is 3.82. The van der Waals surface area contributed by atoms with Gasteiger partial charge in [0.25, 0.3) is 0 Å². The van der Waals surface area contributed by atoms with Crippen LogP contribution in [0.15, 0.2) is 0 Å². The number of nitrogens with one attached hydrogen (secondary N) is 1. The van der Waals surface area contributed by atoms with Gasteiger partial charge in [-0.15, -0.1) is 0 Å². The highest BCUT2D eigenvalue weighted by atomic mass is 16.2. The molecule has 2 atom stereocenters. The van der Waals surface area contributed by atoms with Crippen molar-refractivity contribution in [1.82, 2.24) is 10.2 Å². The van der Waals surface area contributed by atoms with Crippen LogP contribution in [0.25, 0.3) is 0 Å². The standard InChI is InChI=1S/C13H22N2O2/c1-3-15-12(16)8-11(13(15)17)14-9(2)10-6-4-5-7-10/h9-11,14H,3-8H2,1-2H3. The molecule has 1 N–H and O–H groups in total. The van der Waals surface area contributed by atoms with Gasteiger partial charge >= 0.3 is 0 Å². The van der Waals surface area contributed by atoms with Crippen molar-refractivity contribution in [3.8, 4) is 0 Å². The zero-order valence-corrected chi connectivity index (χ0v) is 10.7. The molecule has 0 aromatic rings. The van der Waals surface area contributed by atoms with Crippen LogP contribution in [0.4, 0.5) is 0 Å². The fraction of sp³-hybridized carbons (Fsp3) is 0.846. The van der Waals surface area contributed by atoms with E-state index in [1.54, 1.807) is 0 Å². The number of carbonyl (C=O) groups is 2. The van der Waals surface area contributed by atoms with Gasteiger partial charge in [0, 0.05) is 12.6 Å². The number of carbonyl (C=O) groups excluding carboxylic acids is 2. The Balaban J connectivity index is 1.91. The summed E-state index contributed by atoms with van der Waals surface area (Å²) in [5, 5.41) is 3.35. The number of likely N-dealkylation sites (tertiary alicyclic amines) is 1. The summed E-state index contributed by atoms with van der Waals surface area (Å²) >= 11 is 0. The van der Waals surface area contributed by atoms with Gasteiger partial charge in [0.2, 0.25) is 11.8 Å². The van der Waals surface area contributed by atoms with E-state index >= 15 is 0 Å². The zero-order chi connectivity index (χ0) is 12.4. The summed E-state index contributed by atoms with van der Waals surface area (Å²) in [5.74, 6) is 0.601. The molecule has 1 saturated carbocycles. The van der Waals surface area contributed by atoms with Crippen LogP contribution in [0.3, 0.4) is 0 Å². The summed E-state index contributed by atoms with van der Waals surface area (Å²) in [6, 6.07) is 0.0640. The topological polar surface area (TPSA) is 49.4 Å². The van der Waals surface area contributed by atoms with E-state index in [1.807, 2.05) is 6.92 Å². The van der Waals surface area contributed by atoms with E-state index < -0.39 is 0 Å². The number of imide groups is 1. The quantitative estimate of drug-likeness (QED) is 0.751. The molecule has 1 aliphatic heterocycles. The molecule has 96 valence electrons. The predicted molar refractivity (Wildman–Crippen MR) is 65.4 cm³/mol. The first kappa shape index (κ1) is 12.6. The van der Waals surface area contributed by atoms with Crippen molar-refractivity contribution in [1.29, 1.82) is 0 Å². The van der Waals surface area contributed by atoms with Crippen LogP contribution in [0.2, 0.25) is 0 Å². The summed E-state index contributed by atoms with van der Waals surface area (Å²) in [5.41, 5.74) is 0. The van der Waals surface area contributed by atoms with Gasteiger partial charge in [-0.2, -0.15) is 0 Å². The fourth-order valence-corrected chi connectivity index (χ4v) is 3.06. The maximum atomic E-state index is 11.9. The molecule has 0 radical (unpaired) electrons. The number of hydrogen-bond acceptors (Lipinski definition) is 3. The lowest BCUT2D eigenvalue weighted by atomic mass is 9.99. The molecule has 1 saturated heterocycles. The second-order valence-electron chi connectivity index (χ2n) is 5.23. The smallest absolute Gasteiger partial charge is 0.246 e. The predicted octanol–water partition coefficient (Wildman–Crippen LogP) is 1.30. The van der Waals surface area contributed by atoms with Gasteiger partial charge < -0.3 is 5.32 Å². The Morgan fingerprint density at radius 1 is 1.35 bits per heavy atom. The minimum Gasteiger partial charge on any atom is -0.303 e. The lowest BCUT2D eigenvalue weighted by molar-refractivity contribution is -0.138. The van der Waals surface area contributed by atoms with Gasteiger partial charge in [-0.05, 0) is 32.6 Å². The van der Waals surface area contributed by atoms with E-state index in [0.717, 1.165) is 0 Å². The van der Waals surface area contributed by atoms with Crippen LogP contribution in [-0.2, 0) is 9.59 Å². The second-order valence-corrected chi connectivity index (χ2v) is 5.23. The second kappa shape index (κ2) is 5.17. The number of amides is 2. The first-order valence-electron chi connectivity index (χ1n) is 6.73. The maximum absolute atomic E-state index is 11.9. The molecule has 0 aromatic heterocycles. The molecule has 2 unspecified atom stereocenters. The average Bonchev–Trinajstić information content (AvgIpc) is 2.89. The molecule has 0 spiro atoms. The lowest BCUT2D eigenvalue weighted by Crippen LogP contribution is -2.45. The highest BCUT2D eigenvalue weighted by Crippen LogP contribution is 2.28. The van der Waals surface area contributed by atoms with Crippen molar-refractivity contribution in [3.05, 3.63) is 0 Å². The third-order valence-corrected chi connectivity index (χ3v) is 4.13. The molecular weight excluding hydrogens is 216 g/mol. The maximum Gasteiger partial charge on any atom is 0.246 e. The van der Waals surface area contributed by atoms with Crippen LogP contribution in [0, 0.1) is 5.92 Å². The zero-order valence-electron chi connectivity index (χ0n) is 10.7. The van der Waals surface area contributed by atoms with Crippen molar-refractivity contribution < 1.29 is 9.59 Å². The van der Waals surface area contributed by atoms with E-state index in [0.29, 0.717) is 24.9 Å². The highest BCUT2D eigenvalue weighted by Gasteiger charge is 2.38. The molecule has 4 nitrogen and oxygen atoms in total. The van der Waals surface area contributed by atoms with Gasteiger partial charge in [0.15, 0.2) is 0 Å². The molecule has 2 fully saturated rings. The summed E-state index contributed by atoms with van der Waals surface area (Å²) in [7, 11) is 0. The van der Waals surface area contributed by atoms with Crippen LogP contribution in [0.1, 0.15) is 46.0 Å². The summed E-state index contributed by atoms with van der Waals surface area (Å²) in [6.45, 7) is 4.48. The fourth-order valence-electron chi connectivity index (χ4n) is 3.06. The van der Waals surface area contributed by atoms with Gasteiger partial charge in [0.1, 0.15) is 0 Å². The first-order chi connectivity index (χ1) is 8.13. The SMILES string of the molecule is CCN1C(=O)CC(NC(C)C2CCCC2)C1=O. The van der Waals surface area contributed by atoms with E-state index in [9.17, 15) is 9.59 Å². The van der Waals surface area contributed by atoms with Gasteiger partial charge in [-0.25, -0.2) is 0 Å². The van der Waals surface area contributed by atoms with Crippen LogP contribution >= 0.6 is 0 Å². The van der Waals surface area contributed by atoms with Gasteiger partial charge in [-0.3, -0.25) is 14.5 Å². The molecule has 4 heteroatoms. The molecule has 0 aromatic carbocycles. The lowest BCUT2D eigenvalue weighted by Gasteiger charge is -2.23. The summed E-state index contributed by atoms with van der Waals surface area (Å²) < 4.78 is 0. The number of nitrogens with zero attached hydrogens (tertiary/aromatic N) is 1. The third-order valence-electron chi connectivity index (χ3n) is 4.13. The number of likely N-dealkylation sites (N-methyl/N-ethyl adjacent to an activating group) is 1. The monoisotopic (exact) mass is 238 g/mol.